The molecule has 0 aromatic carbocycles. The zero-order valence-corrected chi connectivity index (χ0v) is 41.9. The summed E-state index contributed by atoms with van der Waals surface area (Å²) in [5, 5.41) is 0. The summed E-state index contributed by atoms with van der Waals surface area (Å²) in [5.41, 5.74) is 0. The number of hydrogen-bond acceptors (Lipinski definition) is 6. The Bertz CT molecular complexity index is 962. The van der Waals surface area contributed by atoms with Crippen LogP contribution in [0.15, 0.2) is 12.2 Å². The average molecular weight is 875 g/mol. The van der Waals surface area contributed by atoms with Crippen LogP contribution in [-0.4, -0.2) is 37.2 Å². The van der Waals surface area contributed by atoms with Crippen molar-refractivity contribution in [2.75, 3.05) is 13.2 Å². The van der Waals surface area contributed by atoms with Crippen LogP contribution < -0.4 is 0 Å². The molecule has 0 aliphatic rings. The monoisotopic (exact) mass is 875 g/mol. The molecule has 0 aliphatic heterocycles. The summed E-state index contributed by atoms with van der Waals surface area (Å²) >= 11 is 0. The Hall–Kier alpha value is -1.85. The summed E-state index contributed by atoms with van der Waals surface area (Å²) < 4.78 is 16.8. The molecule has 0 amide bonds. The highest BCUT2D eigenvalue weighted by atomic mass is 16.6. The summed E-state index contributed by atoms with van der Waals surface area (Å²) in [7, 11) is 0. The van der Waals surface area contributed by atoms with Gasteiger partial charge >= 0.3 is 17.9 Å². The van der Waals surface area contributed by atoms with Crippen molar-refractivity contribution in [1.82, 2.24) is 0 Å². The molecule has 0 aromatic rings. The summed E-state index contributed by atoms with van der Waals surface area (Å²) in [4.78, 5) is 38.0. The molecule has 366 valence electrons. The van der Waals surface area contributed by atoms with E-state index in [4.69, 9.17) is 14.2 Å². The second kappa shape index (κ2) is 51.8. The number of unbranched alkanes of at least 4 members (excludes halogenated alkanes) is 38. The molecule has 1 atom stereocenters. The van der Waals surface area contributed by atoms with Gasteiger partial charge in [-0.25, -0.2) is 0 Å². The van der Waals surface area contributed by atoms with Gasteiger partial charge < -0.3 is 14.2 Å². The first-order valence-electron chi connectivity index (χ1n) is 27.7. The summed E-state index contributed by atoms with van der Waals surface area (Å²) in [6.45, 7) is 6.67. The largest absolute Gasteiger partial charge is 0.462 e. The van der Waals surface area contributed by atoms with Gasteiger partial charge in [-0.2, -0.15) is 0 Å². The smallest absolute Gasteiger partial charge is 0.306 e. The lowest BCUT2D eigenvalue weighted by molar-refractivity contribution is -0.167. The Morgan fingerprint density at radius 3 is 0.806 bits per heavy atom. The Balaban J connectivity index is 4.32. The van der Waals surface area contributed by atoms with Gasteiger partial charge in [-0.15, -0.1) is 0 Å². The number of ether oxygens (including phenoxy) is 3. The lowest BCUT2D eigenvalue weighted by Gasteiger charge is -2.18. The predicted molar refractivity (Wildman–Crippen MR) is 266 cm³/mol. The van der Waals surface area contributed by atoms with Crippen LogP contribution in [0.3, 0.4) is 0 Å². The van der Waals surface area contributed by atoms with E-state index < -0.39 is 6.10 Å². The van der Waals surface area contributed by atoms with E-state index in [-0.39, 0.29) is 31.1 Å². The maximum atomic E-state index is 12.8. The first-order chi connectivity index (χ1) is 30.5. The van der Waals surface area contributed by atoms with E-state index in [0.29, 0.717) is 19.3 Å². The van der Waals surface area contributed by atoms with Gasteiger partial charge in [0, 0.05) is 19.3 Å². The molecule has 0 radical (unpaired) electrons. The number of carbonyl (C=O) groups is 3. The SMILES string of the molecule is CCCCCCCCC/C=C\CCCCCCCC(=O)OC[C@@H](COC(=O)CCCCCCCCCCCCCC)OC(=O)CCCCCCCCCCCCCCCCCC. The molecule has 0 bridgehead atoms. The van der Waals surface area contributed by atoms with Crippen molar-refractivity contribution in [3.8, 4) is 0 Å². The quantitative estimate of drug-likeness (QED) is 0.0262. The summed E-state index contributed by atoms with van der Waals surface area (Å²) in [6.07, 6.45) is 57.6. The van der Waals surface area contributed by atoms with E-state index in [9.17, 15) is 14.4 Å². The molecule has 0 aromatic heterocycles. The molecule has 0 spiro atoms. The van der Waals surface area contributed by atoms with E-state index in [1.165, 1.54) is 205 Å². The van der Waals surface area contributed by atoms with Gasteiger partial charge in [0.25, 0.3) is 0 Å². The second-order valence-electron chi connectivity index (χ2n) is 18.9. The van der Waals surface area contributed by atoms with Crippen LogP contribution in [-0.2, 0) is 28.6 Å². The summed E-state index contributed by atoms with van der Waals surface area (Å²) in [6, 6.07) is 0. The fourth-order valence-corrected chi connectivity index (χ4v) is 8.32. The van der Waals surface area contributed by atoms with E-state index in [1.54, 1.807) is 0 Å². The minimum Gasteiger partial charge on any atom is -0.462 e. The first kappa shape index (κ1) is 60.2. The van der Waals surface area contributed by atoms with Gasteiger partial charge in [0.1, 0.15) is 13.2 Å². The molecule has 0 unspecified atom stereocenters. The van der Waals surface area contributed by atoms with Crippen LogP contribution in [0.25, 0.3) is 0 Å². The molecule has 0 aliphatic carbocycles. The normalized spacial score (nSPS) is 12.0. The zero-order valence-electron chi connectivity index (χ0n) is 41.9. The molecule has 0 heterocycles. The van der Waals surface area contributed by atoms with Crippen LogP contribution in [0.4, 0.5) is 0 Å². The lowest BCUT2D eigenvalue weighted by atomic mass is 10.0. The Labute approximate surface area is 386 Å². The van der Waals surface area contributed by atoms with Crippen molar-refractivity contribution >= 4 is 17.9 Å². The van der Waals surface area contributed by atoms with Crippen LogP contribution in [0.1, 0.15) is 310 Å². The molecule has 0 rings (SSSR count). The maximum Gasteiger partial charge on any atom is 0.306 e. The van der Waals surface area contributed by atoms with Crippen LogP contribution >= 0.6 is 0 Å². The molecule has 0 saturated heterocycles. The van der Waals surface area contributed by atoms with E-state index >= 15 is 0 Å². The highest BCUT2D eigenvalue weighted by Gasteiger charge is 2.19. The number of rotatable bonds is 51. The molecular formula is C56H106O6. The number of allylic oxidation sites excluding steroid dienone is 2. The van der Waals surface area contributed by atoms with Crippen molar-refractivity contribution in [3.05, 3.63) is 12.2 Å². The van der Waals surface area contributed by atoms with Gasteiger partial charge in [0.15, 0.2) is 6.10 Å². The molecule has 0 fully saturated rings. The number of carbonyl (C=O) groups excluding carboxylic acids is 3. The third kappa shape index (κ3) is 49.2. The van der Waals surface area contributed by atoms with E-state index in [0.717, 1.165) is 64.2 Å². The molecule has 0 N–H and O–H groups in total. The highest BCUT2D eigenvalue weighted by molar-refractivity contribution is 5.71. The van der Waals surface area contributed by atoms with Gasteiger partial charge in [-0.1, -0.05) is 258 Å². The predicted octanol–water partition coefficient (Wildman–Crippen LogP) is 18.2. The number of esters is 3. The minimum atomic E-state index is -0.766. The molecular weight excluding hydrogens is 769 g/mol. The Kier molecular flexibility index (Phi) is 50.2. The minimum absolute atomic E-state index is 0.0669. The van der Waals surface area contributed by atoms with Gasteiger partial charge in [0.2, 0.25) is 0 Å². The first-order valence-corrected chi connectivity index (χ1v) is 27.7. The van der Waals surface area contributed by atoms with Crippen LogP contribution in [0.5, 0.6) is 0 Å². The van der Waals surface area contributed by atoms with Gasteiger partial charge in [-0.05, 0) is 44.9 Å². The van der Waals surface area contributed by atoms with Gasteiger partial charge in [-0.3, -0.25) is 14.4 Å². The second-order valence-corrected chi connectivity index (χ2v) is 18.9. The van der Waals surface area contributed by atoms with Gasteiger partial charge in [0.05, 0.1) is 0 Å². The standard InChI is InChI=1S/C56H106O6/c1-4-7-10-13-16-19-22-25-27-29-31-34-37-40-43-46-49-55(58)61-52-53(51-60-54(57)48-45-42-39-36-33-24-21-18-15-12-9-6-3)62-56(59)50-47-44-41-38-35-32-30-28-26-23-20-17-14-11-8-5-2/h27,29,53H,4-26,28,30-52H2,1-3H3/b29-27-/t53-/m1/s1. The van der Waals surface area contributed by atoms with Crippen LogP contribution in [0.2, 0.25) is 0 Å². The number of hydrogen-bond donors (Lipinski definition) is 0. The van der Waals surface area contributed by atoms with Crippen LogP contribution in [0, 0.1) is 0 Å². The third-order valence-corrected chi connectivity index (χ3v) is 12.5. The topological polar surface area (TPSA) is 78.9 Å². The van der Waals surface area contributed by atoms with Crippen molar-refractivity contribution in [2.24, 2.45) is 0 Å². The van der Waals surface area contributed by atoms with Crippen molar-refractivity contribution in [3.63, 3.8) is 0 Å². The molecule has 6 nitrogen and oxygen atoms in total. The third-order valence-electron chi connectivity index (χ3n) is 12.5. The Morgan fingerprint density at radius 2 is 0.532 bits per heavy atom. The fraction of sp³-hybridized carbons (Fsp3) is 0.911. The lowest BCUT2D eigenvalue weighted by Crippen LogP contribution is -2.30. The fourth-order valence-electron chi connectivity index (χ4n) is 8.32. The average Bonchev–Trinajstić information content (AvgIpc) is 3.27. The maximum absolute atomic E-state index is 12.8. The molecule has 0 saturated carbocycles. The molecule has 6 heteroatoms. The Morgan fingerprint density at radius 1 is 0.306 bits per heavy atom. The molecule has 62 heavy (non-hydrogen) atoms. The van der Waals surface area contributed by atoms with E-state index in [2.05, 4.69) is 32.9 Å². The van der Waals surface area contributed by atoms with Crippen molar-refractivity contribution in [2.45, 2.75) is 316 Å². The summed E-state index contributed by atoms with van der Waals surface area (Å²) in [5.74, 6) is -0.855. The highest BCUT2D eigenvalue weighted by Crippen LogP contribution is 2.17. The van der Waals surface area contributed by atoms with E-state index in [1.807, 2.05) is 0 Å². The van der Waals surface area contributed by atoms with Crippen molar-refractivity contribution < 1.29 is 28.6 Å². The van der Waals surface area contributed by atoms with Crippen molar-refractivity contribution in [1.29, 1.82) is 0 Å². The zero-order chi connectivity index (χ0) is 45.1.